The number of ether oxygens (including phenoxy) is 3. The zero-order valence-electron chi connectivity index (χ0n) is 15.6. The van der Waals surface area contributed by atoms with Gasteiger partial charge >= 0.3 is 12.2 Å². The highest BCUT2D eigenvalue weighted by Crippen LogP contribution is 2.39. The molecule has 6 nitrogen and oxygen atoms in total. The minimum atomic E-state index is -0.763. The van der Waals surface area contributed by atoms with E-state index in [4.69, 9.17) is 14.2 Å². The standard InChI is InChI=1S/C22H19NO5/c1-3-26-21(24)23-18-12-8-7-9-14(18)17-13-19(28-22(25)27-4-2)15-10-5-6-11-16(15)20(17)23/h5-13H,3-4H2,1-2H3. The minimum absolute atomic E-state index is 0.223. The molecule has 0 aliphatic rings. The molecule has 0 spiro atoms. The largest absolute Gasteiger partial charge is 0.513 e. The maximum Gasteiger partial charge on any atom is 0.513 e. The molecule has 4 rings (SSSR count). The molecule has 6 heteroatoms. The molecule has 0 bridgehead atoms. The van der Waals surface area contributed by atoms with Crippen molar-refractivity contribution in [2.45, 2.75) is 13.8 Å². The van der Waals surface area contributed by atoms with Gasteiger partial charge in [0.25, 0.3) is 0 Å². The van der Waals surface area contributed by atoms with Gasteiger partial charge in [0.15, 0.2) is 0 Å². The normalized spacial score (nSPS) is 11.1. The summed E-state index contributed by atoms with van der Waals surface area (Å²) in [7, 11) is 0. The van der Waals surface area contributed by atoms with Crippen LogP contribution in [0, 0.1) is 0 Å². The van der Waals surface area contributed by atoms with E-state index in [1.165, 1.54) is 0 Å². The van der Waals surface area contributed by atoms with Crippen molar-refractivity contribution in [2.24, 2.45) is 0 Å². The first-order valence-corrected chi connectivity index (χ1v) is 9.12. The molecule has 1 aromatic heterocycles. The van der Waals surface area contributed by atoms with Gasteiger partial charge in [0.2, 0.25) is 0 Å². The molecule has 0 amide bonds. The topological polar surface area (TPSA) is 66.8 Å². The monoisotopic (exact) mass is 377 g/mol. The Morgan fingerprint density at radius 1 is 0.821 bits per heavy atom. The Kier molecular flexibility index (Phi) is 4.61. The summed E-state index contributed by atoms with van der Waals surface area (Å²) in [6.45, 7) is 3.99. The van der Waals surface area contributed by atoms with Crippen LogP contribution in [0.15, 0.2) is 54.6 Å². The Hall–Kier alpha value is -3.54. The van der Waals surface area contributed by atoms with Crippen LogP contribution >= 0.6 is 0 Å². The van der Waals surface area contributed by atoms with E-state index < -0.39 is 12.2 Å². The number of carbonyl (C=O) groups is 2. The fourth-order valence-electron chi connectivity index (χ4n) is 3.49. The molecule has 0 N–H and O–H groups in total. The van der Waals surface area contributed by atoms with Gasteiger partial charge in [-0.2, -0.15) is 0 Å². The second-order valence-corrected chi connectivity index (χ2v) is 6.15. The van der Waals surface area contributed by atoms with Gasteiger partial charge < -0.3 is 14.2 Å². The van der Waals surface area contributed by atoms with Crippen molar-refractivity contribution < 1.29 is 23.8 Å². The Bertz CT molecular complexity index is 1210. The summed E-state index contributed by atoms with van der Waals surface area (Å²) >= 11 is 0. The fraction of sp³-hybridized carbons (Fsp3) is 0.182. The number of fused-ring (bicyclic) bond motifs is 5. The van der Waals surface area contributed by atoms with Gasteiger partial charge in [-0.25, -0.2) is 14.2 Å². The van der Waals surface area contributed by atoms with Crippen LogP contribution < -0.4 is 4.74 Å². The van der Waals surface area contributed by atoms with Gasteiger partial charge in [-0.3, -0.25) is 0 Å². The molecular weight excluding hydrogens is 358 g/mol. The Morgan fingerprint density at radius 2 is 1.46 bits per heavy atom. The Morgan fingerprint density at radius 3 is 2.18 bits per heavy atom. The lowest BCUT2D eigenvalue weighted by atomic mass is 10.0. The molecule has 0 unspecified atom stereocenters. The molecule has 1 heterocycles. The van der Waals surface area contributed by atoms with Crippen LogP contribution in [0.2, 0.25) is 0 Å². The van der Waals surface area contributed by atoms with Crippen LogP contribution in [0.25, 0.3) is 32.6 Å². The molecule has 142 valence electrons. The molecule has 0 saturated heterocycles. The minimum Gasteiger partial charge on any atom is -0.449 e. The summed E-state index contributed by atoms with van der Waals surface area (Å²) in [4.78, 5) is 24.7. The average molecular weight is 377 g/mol. The third-order valence-corrected chi connectivity index (χ3v) is 4.54. The van der Waals surface area contributed by atoms with E-state index in [9.17, 15) is 9.59 Å². The van der Waals surface area contributed by atoms with Crippen molar-refractivity contribution in [1.29, 1.82) is 0 Å². The molecule has 0 aliphatic carbocycles. The predicted molar refractivity (Wildman–Crippen MR) is 107 cm³/mol. The highest BCUT2D eigenvalue weighted by molar-refractivity contribution is 6.22. The second-order valence-electron chi connectivity index (χ2n) is 6.15. The number of benzene rings is 3. The highest BCUT2D eigenvalue weighted by atomic mass is 16.7. The summed E-state index contributed by atoms with van der Waals surface area (Å²) in [5.41, 5.74) is 1.45. The van der Waals surface area contributed by atoms with Crippen LogP contribution in [0.5, 0.6) is 5.75 Å². The van der Waals surface area contributed by atoms with Gasteiger partial charge in [0, 0.05) is 21.5 Å². The van der Waals surface area contributed by atoms with E-state index in [0.29, 0.717) is 16.7 Å². The SMILES string of the molecule is CCOC(=O)Oc1cc2c3ccccc3n(C(=O)OCC)c2c2ccccc12. The van der Waals surface area contributed by atoms with E-state index in [2.05, 4.69) is 0 Å². The van der Waals surface area contributed by atoms with E-state index in [0.717, 1.165) is 21.7 Å². The number of para-hydroxylation sites is 1. The summed E-state index contributed by atoms with van der Waals surface area (Å²) in [5, 5.41) is 3.15. The van der Waals surface area contributed by atoms with E-state index >= 15 is 0 Å². The lowest BCUT2D eigenvalue weighted by Gasteiger charge is -2.11. The van der Waals surface area contributed by atoms with E-state index in [1.807, 2.05) is 48.5 Å². The van der Waals surface area contributed by atoms with Crippen molar-refractivity contribution in [1.82, 2.24) is 4.57 Å². The van der Waals surface area contributed by atoms with Crippen LogP contribution in [0.4, 0.5) is 9.59 Å². The van der Waals surface area contributed by atoms with Gasteiger partial charge in [-0.1, -0.05) is 42.5 Å². The Balaban J connectivity index is 2.10. The van der Waals surface area contributed by atoms with Crippen molar-refractivity contribution in [3.63, 3.8) is 0 Å². The molecular formula is C22H19NO5. The smallest absolute Gasteiger partial charge is 0.449 e. The summed E-state index contributed by atoms with van der Waals surface area (Å²) in [5.74, 6) is 0.383. The molecule has 0 fully saturated rings. The lowest BCUT2D eigenvalue weighted by molar-refractivity contribution is 0.105. The number of hydrogen-bond donors (Lipinski definition) is 0. The molecule has 3 aromatic carbocycles. The number of carbonyl (C=O) groups excluding carboxylic acids is 2. The van der Waals surface area contributed by atoms with Gasteiger partial charge in [-0.05, 0) is 26.0 Å². The maximum absolute atomic E-state index is 12.8. The van der Waals surface area contributed by atoms with Crippen molar-refractivity contribution in [3.05, 3.63) is 54.6 Å². The average Bonchev–Trinajstić information content (AvgIpc) is 3.03. The van der Waals surface area contributed by atoms with Crippen molar-refractivity contribution >= 4 is 44.8 Å². The number of aromatic nitrogens is 1. The lowest BCUT2D eigenvalue weighted by Crippen LogP contribution is -2.13. The zero-order chi connectivity index (χ0) is 19.7. The third kappa shape index (κ3) is 2.83. The summed E-state index contributed by atoms with van der Waals surface area (Å²) in [6.07, 6.45) is -1.21. The molecule has 28 heavy (non-hydrogen) atoms. The summed E-state index contributed by atoms with van der Waals surface area (Å²) in [6, 6.07) is 16.8. The van der Waals surface area contributed by atoms with Crippen LogP contribution in [-0.2, 0) is 9.47 Å². The number of hydrogen-bond acceptors (Lipinski definition) is 5. The van der Waals surface area contributed by atoms with Crippen LogP contribution in [0.1, 0.15) is 13.8 Å². The van der Waals surface area contributed by atoms with Gasteiger partial charge in [0.05, 0.1) is 24.2 Å². The third-order valence-electron chi connectivity index (χ3n) is 4.54. The first-order chi connectivity index (χ1) is 13.7. The Labute approximate surface area is 161 Å². The van der Waals surface area contributed by atoms with Crippen molar-refractivity contribution in [2.75, 3.05) is 13.2 Å². The van der Waals surface area contributed by atoms with Gasteiger partial charge in [0.1, 0.15) is 5.75 Å². The zero-order valence-corrected chi connectivity index (χ0v) is 15.6. The molecule has 0 aliphatic heterocycles. The summed E-state index contributed by atoms with van der Waals surface area (Å²) < 4.78 is 17.3. The molecule has 0 atom stereocenters. The molecule has 4 aromatic rings. The number of nitrogens with zero attached hydrogens (tertiary/aromatic N) is 1. The van der Waals surface area contributed by atoms with Gasteiger partial charge in [-0.15, -0.1) is 0 Å². The second kappa shape index (κ2) is 7.23. The van der Waals surface area contributed by atoms with E-state index in [1.54, 1.807) is 24.5 Å². The maximum atomic E-state index is 12.8. The number of rotatable bonds is 3. The predicted octanol–water partition coefficient (Wildman–Crippen LogP) is 5.49. The fourth-order valence-corrected chi connectivity index (χ4v) is 3.49. The van der Waals surface area contributed by atoms with Crippen LogP contribution in [-0.4, -0.2) is 30.0 Å². The van der Waals surface area contributed by atoms with E-state index in [-0.39, 0.29) is 13.2 Å². The van der Waals surface area contributed by atoms with Crippen molar-refractivity contribution in [3.8, 4) is 5.75 Å². The molecule has 0 radical (unpaired) electrons. The molecule has 0 saturated carbocycles. The van der Waals surface area contributed by atoms with Crippen LogP contribution in [0.3, 0.4) is 0 Å². The first kappa shape index (κ1) is 17.9. The first-order valence-electron chi connectivity index (χ1n) is 9.12. The highest BCUT2D eigenvalue weighted by Gasteiger charge is 2.21. The quantitative estimate of drug-likeness (QED) is 0.349.